The van der Waals surface area contributed by atoms with E-state index in [4.69, 9.17) is 4.53 Å². The van der Waals surface area contributed by atoms with Crippen LogP contribution in [0.25, 0.3) is 0 Å². The summed E-state index contributed by atoms with van der Waals surface area (Å²) in [5.41, 5.74) is 1.27. The van der Waals surface area contributed by atoms with Gasteiger partial charge in [-0.2, -0.15) is 0 Å². The van der Waals surface area contributed by atoms with Gasteiger partial charge in [-0.15, -0.1) is 0 Å². The van der Waals surface area contributed by atoms with Gasteiger partial charge in [-0.3, -0.25) is 0 Å². The maximum absolute atomic E-state index is 5.51. The van der Waals surface area contributed by atoms with Crippen LogP contribution in [-0.2, 0) is 4.53 Å². The summed E-state index contributed by atoms with van der Waals surface area (Å²) >= 11 is 1.66. The van der Waals surface area contributed by atoms with Crippen molar-refractivity contribution in [2.45, 2.75) is 38.4 Å². The highest BCUT2D eigenvalue weighted by Gasteiger charge is 2.16. The van der Waals surface area contributed by atoms with Crippen molar-refractivity contribution in [1.29, 1.82) is 0 Å². The van der Waals surface area contributed by atoms with Crippen LogP contribution in [0.4, 0.5) is 0 Å². The first kappa shape index (κ1) is 13.3. The molecule has 0 spiro atoms. The zero-order valence-electron chi connectivity index (χ0n) is 10.6. The van der Waals surface area contributed by atoms with Crippen molar-refractivity contribution in [3.05, 3.63) is 29.8 Å². The molecule has 0 atom stereocenters. The lowest BCUT2D eigenvalue weighted by molar-refractivity contribution is 0.336. The molecule has 1 aromatic carbocycles. The van der Waals surface area contributed by atoms with Crippen molar-refractivity contribution < 1.29 is 4.53 Å². The van der Waals surface area contributed by atoms with Crippen LogP contribution in [0, 0.1) is 6.92 Å². The van der Waals surface area contributed by atoms with Gasteiger partial charge in [0.15, 0.2) is 0 Å². The molecule has 0 aliphatic heterocycles. The number of nitrogens with zero attached hydrogens (tertiary/aromatic N) is 1. The maximum Gasteiger partial charge on any atom is 0.278 e. The Balaban J connectivity index is 2.65. The van der Waals surface area contributed by atoms with Gasteiger partial charge in [0.2, 0.25) is 0 Å². The van der Waals surface area contributed by atoms with Gasteiger partial charge in [-0.25, -0.2) is 0 Å². The molecule has 0 saturated carbocycles. The van der Waals surface area contributed by atoms with E-state index in [2.05, 4.69) is 43.9 Å². The fourth-order valence-electron chi connectivity index (χ4n) is 1.05. The topological polar surface area (TPSA) is 21.6 Å². The number of hydrogen-bond donors (Lipinski definition) is 0. The average molecular weight is 253 g/mol. The maximum atomic E-state index is 5.51. The Hall–Kier alpha value is -0.743. The average Bonchev–Trinajstić information content (AvgIpc) is 2.18. The zero-order chi connectivity index (χ0) is 12.2. The monoisotopic (exact) mass is 253 g/mol. The second-order valence-corrected chi connectivity index (χ2v) is 10.3. The van der Waals surface area contributed by atoms with E-state index in [0.717, 1.165) is 5.04 Å². The van der Waals surface area contributed by atoms with Gasteiger partial charge in [0.25, 0.3) is 8.32 Å². The van der Waals surface area contributed by atoms with Gasteiger partial charge in [-0.05, 0) is 45.1 Å². The third-order valence-electron chi connectivity index (χ3n) is 1.80. The molecule has 1 aromatic rings. The van der Waals surface area contributed by atoms with E-state index in [1.165, 1.54) is 10.5 Å². The molecule has 0 aromatic heterocycles. The number of thioether (sulfide) groups is 1. The van der Waals surface area contributed by atoms with Crippen molar-refractivity contribution in [2.75, 3.05) is 0 Å². The minimum atomic E-state index is -1.55. The summed E-state index contributed by atoms with van der Waals surface area (Å²) in [5, 5.41) is 5.13. The second kappa shape index (κ2) is 5.55. The number of oxime groups is 1. The summed E-state index contributed by atoms with van der Waals surface area (Å²) in [7, 11) is -1.55. The molecule has 0 N–H and O–H groups in total. The highest BCUT2D eigenvalue weighted by Crippen LogP contribution is 2.23. The number of rotatable bonds is 3. The summed E-state index contributed by atoms with van der Waals surface area (Å²) < 4.78 is 5.51. The summed E-state index contributed by atoms with van der Waals surface area (Å²) in [6, 6.07) is 8.30. The highest BCUT2D eigenvalue weighted by atomic mass is 32.2. The Kier molecular flexibility index (Phi) is 4.62. The fourth-order valence-corrected chi connectivity index (χ4v) is 2.30. The second-order valence-electron chi connectivity index (χ2n) is 4.68. The Bertz CT molecular complexity index is 385. The van der Waals surface area contributed by atoms with Crippen molar-refractivity contribution in [2.24, 2.45) is 5.16 Å². The van der Waals surface area contributed by atoms with E-state index < -0.39 is 8.32 Å². The molecule has 0 unspecified atom stereocenters. The van der Waals surface area contributed by atoms with E-state index in [0.29, 0.717) is 0 Å². The van der Waals surface area contributed by atoms with Crippen LogP contribution in [0.5, 0.6) is 0 Å². The van der Waals surface area contributed by atoms with E-state index in [-0.39, 0.29) is 0 Å². The molecule has 0 fully saturated rings. The first-order valence-corrected chi connectivity index (χ1v) is 9.57. The Morgan fingerprint density at radius 3 is 2.44 bits per heavy atom. The van der Waals surface area contributed by atoms with Crippen LogP contribution in [0.1, 0.15) is 12.5 Å². The Morgan fingerprint density at radius 1 is 1.25 bits per heavy atom. The highest BCUT2D eigenvalue weighted by molar-refractivity contribution is 8.14. The van der Waals surface area contributed by atoms with Crippen molar-refractivity contribution in [3.8, 4) is 0 Å². The van der Waals surface area contributed by atoms with Gasteiger partial charge < -0.3 is 4.53 Å². The molecule has 0 saturated heterocycles. The van der Waals surface area contributed by atoms with E-state index in [1.54, 1.807) is 11.8 Å². The summed E-state index contributed by atoms with van der Waals surface area (Å²) in [6.07, 6.45) is 0. The molecular weight excluding hydrogens is 234 g/mol. The minimum absolute atomic E-state index is 0.955. The molecule has 0 radical (unpaired) electrons. The summed E-state index contributed by atoms with van der Waals surface area (Å²) in [4.78, 5) is 1.24. The predicted molar refractivity (Wildman–Crippen MR) is 74.6 cm³/mol. The van der Waals surface area contributed by atoms with Gasteiger partial charge in [0, 0.05) is 4.90 Å². The van der Waals surface area contributed by atoms with E-state index >= 15 is 0 Å². The number of benzene rings is 1. The fraction of sp³-hybridized carbons (Fsp3) is 0.417. The predicted octanol–water partition coefficient (Wildman–Crippen LogP) is 4.27. The van der Waals surface area contributed by atoms with Crippen LogP contribution in [0.2, 0.25) is 19.6 Å². The van der Waals surface area contributed by atoms with Crippen molar-refractivity contribution in [1.82, 2.24) is 0 Å². The number of aryl methyl sites for hydroxylation is 1. The molecule has 1 rings (SSSR count). The first-order chi connectivity index (χ1) is 7.38. The molecule has 0 aliphatic carbocycles. The van der Waals surface area contributed by atoms with Crippen LogP contribution in [0.3, 0.4) is 0 Å². The molecule has 0 amide bonds. The molecule has 0 aliphatic rings. The molecule has 2 nitrogen and oxygen atoms in total. The lowest BCUT2D eigenvalue weighted by Crippen LogP contribution is -2.22. The van der Waals surface area contributed by atoms with E-state index in [1.807, 2.05) is 19.1 Å². The van der Waals surface area contributed by atoms with Crippen LogP contribution < -0.4 is 0 Å². The summed E-state index contributed by atoms with van der Waals surface area (Å²) in [6.45, 7) is 10.5. The van der Waals surface area contributed by atoms with Crippen LogP contribution in [0.15, 0.2) is 34.3 Å². The SMILES string of the molecule is C/C(=N\O[Si](C)(C)C)Sc1ccccc1C. The minimum Gasteiger partial charge on any atom is -0.455 e. The van der Waals surface area contributed by atoms with Crippen molar-refractivity contribution >= 4 is 25.1 Å². The van der Waals surface area contributed by atoms with Gasteiger partial charge in [0.1, 0.15) is 5.04 Å². The lowest BCUT2D eigenvalue weighted by atomic mass is 10.2. The number of hydrogen-bond acceptors (Lipinski definition) is 3. The largest absolute Gasteiger partial charge is 0.455 e. The molecule has 16 heavy (non-hydrogen) atoms. The molecule has 88 valence electrons. The Labute approximate surface area is 103 Å². The molecular formula is C12H19NOSSi. The molecule has 0 bridgehead atoms. The molecule has 4 heteroatoms. The van der Waals surface area contributed by atoms with Crippen LogP contribution in [-0.4, -0.2) is 13.4 Å². The first-order valence-electron chi connectivity index (χ1n) is 5.35. The third-order valence-corrected chi connectivity index (χ3v) is 3.49. The van der Waals surface area contributed by atoms with E-state index in [9.17, 15) is 0 Å². The Morgan fingerprint density at radius 2 is 1.88 bits per heavy atom. The smallest absolute Gasteiger partial charge is 0.278 e. The molecule has 0 heterocycles. The zero-order valence-corrected chi connectivity index (χ0v) is 12.4. The van der Waals surface area contributed by atoms with Gasteiger partial charge in [0.05, 0.1) is 0 Å². The normalized spacial score (nSPS) is 12.7. The van der Waals surface area contributed by atoms with Crippen molar-refractivity contribution in [3.63, 3.8) is 0 Å². The standard InChI is InChI=1S/C12H19NOSSi/c1-10-8-6-7-9-12(10)15-11(2)13-14-16(3,4)5/h6-9H,1-5H3/b13-11+. The van der Waals surface area contributed by atoms with Crippen LogP contribution >= 0.6 is 11.8 Å². The lowest BCUT2D eigenvalue weighted by Gasteiger charge is -2.13. The van der Waals surface area contributed by atoms with Gasteiger partial charge >= 0.3 is 0 Å². The third kappa shape index (κ3) is 4.85. The van der Waals surface area contributed by atoms with Gasteiger partial charge in [-0.1, -0.05) is 35.1 Å². The summed E-state index contributed by atoms with van der Waals surface area (Å²) in [5.74, 6) is 0. The quantitative estimate of drug-likeness (QED) is 0.264.